The molecule has 1 amide bonds. The summed E-state index contributed by atoms with van der Waals surface area (Å²) in [7, 11) is 0. The average Bonchev–Trinajstić information content (AvgIpc) is 3.43. The van der Waals surface area contributed by atoms with Crippen LogP contribution in [0.2, 0.25) is 0 Å². The van der Waals surface area contributed by atoms with Gasteiger partial charge in [-0.2, -0.15) is 5.10 Å². The molecule has 2 aromatic heterocycles. The summed E-state index contributed by atoms with van der Waals surface area (Å²) in [4.78, 5) is 19.7. The first-order valence-corrected chi connectivity index (χ1v) is 12.8. The van der Waals surface area contributed by atoms with Gasteiger partial charge in [0.05, 0.1) is 36.6 Å². The van der Waals surface area contributed by atoms with Gasteiger partial charge in [0.25, 0.3) is 0 Å². The number of nitrogens with zero attached hydrogens (tertiary/aromatic N) is 4. The Morgan fingerprint density at radius 2 is 1.73 bits per heavy atom. The van der Waals surface area contributed by atoms with Crippen LogP contribution in [0, 0.1) is 6.92 Å². The highest BCUT2D eigenvalue weighted by Gasteiger charge is 2.50. The molecule has 8 heteroatoms. The lowest BCUT2D eigenvalue weighted by Gasteiger charge is -2.50. The average molecular weight is 497 g/mol. The first-order valence-electron chi connectivity index (χ1n) is 12.8. The van der Waals surface area contributed by atoms with Gasteiger partial charge in [0, 0.05) is 42.8 Å². The van der Waals surface area contributed by atoms with E-state index in [-0.39, 0.29) is 30.7 Å². The van der Waals surface area contributed by atoms with Crippen LogP contribution in [0.15, 0.2) is 67.0 Å². The smallest absolute Gasteiger partial charge is 0.410 e. The SMILES string of the molecule is Cc1cc2ncc(C3(O)CC4COCC(C3)N4C(=O)OCC3c4ccccc4-c4ccccc43)cn2n1. The summed E-state index contributed by atoms with van der Waals surface area (Å²) < 4.78 is 13.5. The Kier molecular flexibility index (Phi) is 5.09. The van der Waals surface area contributed by atoms with Gasteiger partial charge in [-0.25, -0.2) is 14.3 Å². The number of rotatable bonds is 3. The van der Waals surface area contributed by atoms with Gasteiger partial charge in [-0.3, -0.25) is 4.90 Å². The van der Waals surface area contributed by atoms with E-state index in [1.807, 2.05) is 43.5 Å². The lowest BCUT2D eigenvalue weighted by atomic mass is 9.78. The third kappa shape index (κ3) is 3.62. The number of morpholine rings is 1. The number of ether oxygens (including phenoxy) is 2. The molecule has 2 fully saturated rings. The third-order valence-corrected chi connectivity index (χ3v) is 8.07. The minimum atomic E-state index is -1.12. The van der Waals surface area contributed by atoms with Crippen molar-refractivity contribution in [3.8, 4) is 11.1 Å². The molecule has 1 N–H and O–H groups in total. The predicted octanol–water partition coefficient (Wildman–Crippen LogP) is 4.04. The maximum absolute atomic E-state index is 13.5. The molecule has 3 aliphatic rings. The van der Waals surface area contributed by atoms with Crippen molar-refractivity contribution in [1.82, 2.24) is 19.5 Å². The highest BCUT2D eigenvalue weighted by Crippen LogP contribution is 2.45. The molecule has 0 spiro atoms. The van der Waals surface area contributed by atoms with E-state index in [4.69, 9.17) is 9.47 Å². The van der Waals surface area contributed by atoms with Crippen molar-refractivity contribution in [2.24, 2.45) is 0 Å². The van der Waals surface area contributed by atoms with Gasteiger partial charge in [0.15, 0.2) is 5.65 Å². The number of aromatic nitrogens is 3. The van der Waals surface area contributed by atoms with Crippen molar-refractivity contribution < 1.29 is 19.4 Å². The molecule has 4 heterocycles. The van der Waals surface area contributed by atoms with Crippen molar-refractivity contribution in [2.75, 3.05) is 19.8 Å². The number of carbonyl (C=O) groups is 1. The van der Waals surface area contributed by atoms with E-state index in [2.05, 4.69) is 34.3 Å². The Balaban J connectivity index is 1.11. The van der Waals surface area contributed by atoms with Crippen LogP contribution >= 0.6 is 0 Å². The summed E-state index contributed by atoms with van der Waals surface area (Å²) >= 11 is 0. The topological polar surface area (TPSA) is 89.2 Å². The fraction of sp³-hybridized carbons (Fsp3) is 0.345. The van der Waals surface area contributed by atoms with Crippen molar-refractivity contribution in [2.45, 2.75) is 43.4 Å². The zero-order valence-electron chi connectivity index (χ0n) is 20.6. The number of aryl methyl sites for hydroxylation is 1. The lowest BCUT2D eigenvalue weighted by molar-refractivity contribution is -0.136. The number of hydrogen-bond donors (Lipinski definition) is 1. The molecular weight excluding hydrogens is 468 g/mol. The van der Waals surface area contributed by atoms with Gasteiger partial charge in [0.2, 0.25) is 0 Å². The Hall–Kier alpha value is -3.75. The summed E-state index contributed by atoms with van der Waals surface area (Å²) in [5.74, 6) is 0.00416. The van der Waals surface area contributed by atoms with Crippen LogP contribution in [0.25, 0.3) is 16.8 Å². The van der Waals surface area contributed by atoms with Crippen molar-refractivity contribution in [3.63, 3.8) is 0 Å². The molecule has 8 nitrogen and oxygen atoms in total. The number of fused-ring (bicyclic) bond motifs is 6. The fourth-order valence-corrected chi connectivity index (χ4v) is 6.41. The second kappa shape index (κ2) is 8.39. The van der Waals surface area contributed by atoms with Crippen LogP contribution < -0.4 is 0 Å². The Morgan fingerprint density at radius 3 is 2.41 bits per heavy atom. The van der Waals surface area contributed by atoms with E-state index >= 15 is 0 Å². The first kappa shape index (κ1) is 22.4. The molecule has 1 aliphatic carbocycles. The molecule has 2 atom stereocenters. The molecule has 2 unspecified atom stereocenters. The monoisotopic (exact) mass is 496 g/mol. The maximum atomic E-state index is 13.5. The minimum absolute atomic E-state index is 0.00416. The van der Waals surface area contributed by atoms with Crippen LogP contribution in [-0.4, -0.2) is 62.6 Å². The fourth-order valence-electron chi connectivity index (χ4n) is 6.41. The molecule has 2 saturated heterocycles. The molecule has 0 radical (unpaired) electrons. The predicted molar refractivity (Wildman–Crippen MR) is 136 cm³/mol. The zero-order valence-corrected chi connectivity index (χ0v) is 20.6. The normalized spacial score (nSPS) is 24.6. The number of aliphatic hydroxyl groups is 1. The largest absolute Gasteiger partial charge is 0.448 e. The van der Waals surface area contributed by atoms with Gasteiger partial charge in [-0.15, -0.1) is 0 Å². The molecule has 188 valence electrons. The molecule has 2 aromatic carbocycles. The number of hydrogen-bond acceptors (Lipinski definition) is 6. The highest BCUT2D eigenvalue weighted by molar-refractivity contribution is 5.79. The minimum Gasteiger partial charge on any atom is -0.448 e. The summed E-state index contributed by atoms with van der Waals surface area (Å²) in [6.07, 6.45) is 3.91. The van der Waals surface area contributed by atoms with Gasteiger partial charge < -0.3 is 14.6 Å². The molecule has 7 rings (SSSR count). The summed E-state index contributed by atoms with van der Waals surface area (Å²) in [6.45, 7) is 2.91. The number of piperidine rings is 1. The standard InChI is InChI=1S/C29H28N4O4/c1-18-10-27-30-13-19(14-32(27)31-18)29(35)11-20-15-36-16-21(12-29)33(20)28(34)37-17-26-24-8-4-2-6-22(24)23-7-3-5-9-25(23)26/h2-10,13-14,20-21,26,35H,11-12,15-17H2,1H3. The van der Waals surface area contributed by atoms with Crippen LogP contribution in [-0.2, 0) is 15.1 Å². The van der Waals surface area contributed by atoms with Gasteiger partial charge in [-0.05, 0) is 29.2 Å². The van der Waals surface area contributed by atoms with Crippen molar-refractivity contribution >= 4 is 11.7 Å². The number of carbonyl (C=O) groups excluding carboxylic acids is 1. The van der Waals surface area contributed by atoms with E-state index in [0.29, 0.717) is 31.6 Å². The van der Waals surface area contributed by atoms with Crippen molar-refractivity contribution in [1.29, 1.82) is 0 Å². The highest BCUT2D eigenvalue weighted by atomic mass is 16.6. The molecule has 2 bridgehead atoms. The van der Waals surface area contributed by atoms with Crippen LogP contribution in [0.1, 0.15) is 41.1 Å². The van der Waals surface area contributed by atoms with Crippen molar-refractivity contribution in [3.05, 3.63) is 89.4 Å². The van der Waals surface area contributed by atoms with E-state index in [1.165, 1.54) is 22.3 Å². The number of benzene rings is 2. The van der Waals surface area contributed by atoms with E-state index < -0.39 is 5.60 Å². The van der Waals surface area contributed by atoms with Crippen LogP contribution in [0.5, 0.6) is 0 Å². The third-order valence-electron chi connectivity index (χ3n) is 8.07. The van der Waals surface area contributed by atoms with Crippen LogP contribution in [0.4, 0.5) is 4.79 Å². The quantitative estimate of drug-likeness (QED) is 0.461. The second-order valence-electron chi connectivity index (χ2n) is 10.4. The van der Waals surface area contributed by atoms with Crippen LogP contribution in [0.3, 0.4) is 0 Å². The molecule has 0 saturated carbocycles. The zero-order chi connectivity index (χ0) is 25.1. The summed E-state index contributed by atoms with van der Waals surface area (Å²) in [6, 6.07) is 17.9. The Bertz CT molecular complexity index is 1460. The molecule has 37 heavy (non-hydrogen) atoms. The van der Waals surface area contributed by atoms with E-state index in [9.17, 15) is 9.90 Å². The van der Waals surface area contributed by atoms with Gasteiger partial charge in [-0.1, -0.05) is 48.5 Å². The summed E-state index contributed by atoms with van der Waals surface area (Å²) in [5, 5.41) is 16.2. The molecule has 4 aromatic rings. The molecular formula is C29H28N4O4. The van der Waals surface area contributed by atoms with E-state index in [0.717, 1.165) is 11.3 Å². The maximum Gasteiger partial charge on any atom is 0.410 e. The second-order valence-corrected chi connectivity index (χ2v) is 10.4. The van der Waals surface area contributed by atoms with Gasteiger partial charge >= 0.3 is 6.09 Å². The number of amides is 1. The molecule has 2 aliphatic heterocycles. The Morgan fingerprint density at radius 1 is 1.08 bits per heavy atom. The van der Waals surface area contributed by atoms with E-state index in [1.54, 1.807) is 15.6 Å². The summed E-state index contributed by atoms with van der Waals surface area (Å²) in [5.41, 5.74) is 5.95. The first-order chi connectivity index (χ1) is 18.0. The Labute approximate surface area is 214 Å². The lowest BCUT2D eigenvalue weighted by Crippen LogP contribution is -2.62. The van der Waals surface area contributed by atoms with Gasteiger partial charge in [0.1, 0.15) is 6.61 Å².